The van der Waals surface area contributed by atoms with Gasteiger partial charge in [-0.3, -0.25) is 0 Å². The summed E-state index contributed by atoms with van der Waals surface area (Å²) in [6.07, 6.45) is -0.841. The third-order valence-corrected chi connectivity index (χ3v) is 4.03. The van der Waals surface area contributed by atoms with Crippen LogP contribution in [0.4, 0.5) is 9.59 Å². The van der Waals surface area contributed by atoms with E-state index in [1.165, 1.54) is 4.90 Å². The molecule has 2 N–H and O–H groups in total. The Bertz CT molecular complexity index is 535. The fraction of sp³-hybridized carbons (Fsp3) is 0.500. The molecule has 126 valence electrons. The first-order chi connectivity index (χ1) is 11.0. The highest BCUT2D eigenvalue weighted by molar-refractivity contribution is 5.68. The highest BCUT2D eigenvalue weighted by atomic mass is 16.5. The zero-order valence-corrected chi connectivity index (χ0v) is 13.4. The van der Waals surface area contributed by atoms with E-state index in [0.717, 1.165) is 5.56 Å². The number of rotatable bonds is 4. The van der Waals surface area contributed by atoms with Crippen LogP contribution in [-0.4, -0.2) is 66.4 Å². The Labute approximate surface area is 135 Å². The van der Waals surface area contributed by atoms with Gasteiger partial charge in [-0.05, 0) is 26.1 Å². The maximum absolute atomic E-state index is 12.0. The molecule has 1 aromatic rings. The summed E-state index contributed by atoms with van der Waals surface area (Å²) in [7, 11) is 3.75. The van der Waals surface area contributed by atoms with Gasteiger partial charge in [0.2, 0.25) is 0 Å². The van der Waals surface area contributed by atoms with Crippen LogP contribution in [0, 0.1) is 0 Å². The van der Waals surface area contributed by atoms with Gasteiger partial charge in [0.25, 0.3) is 0 Å². The molecule has 1 aliphatic heterocycles. The van der Waals surface area contributed by atoms with Crippen molar-refractivity contribution in [3.8, 4) is 0 Å². The van der Waals surface area contributed by atoms with Crippen molar-refractivity contribution in [1.29, 1.82) is 0 Å². The highest BCUT2D eigenvalue weighted by Gasteiger charge is 2.33. The largest absolute Gasteiger partial charge is 0.465 e. The first kappa shape index (κ1) is 17.1. The molecule has 2 atom stereocenters. The van der Waals surface area contributed by atoms with Crippen LogP contribution >= 0.6 is 0 Å². The van der Waals surface area contributed by atoms with Crippen molar-refractivity contribution in [1.82, 2.24) is 15.1 Å². The molecular weight excluding hydrogens is 298 g/mol. The lowest BCUT2D eigenvalue weighted by Crippen LogP contribution is -2.59. The second-order valence-electron chi connectivity index (χ2n) is 5.86. The van der Waals surface area contributed by atoms with Gasteiger partial charge < -0.3 is 25.0 Å². The van der Waals surface area contributed by atoms with Crippen molar-refractivity contribution >= 4 is 12.2 Å². The fourth-order valence-corrected chi connectivity index (χ4v) is 2.71. The van der Waals surface area contributed by atoms with E-state index in [0.29, 0.717) is 19.5 Å². The normalized spacial score (nSPS) is 21.1. The topological polar surface area (TPSA) is 82.1 Å². The number of ether oxygens (including phenoxy) is 1. The predicted octanol–water partition coefficient (Wildman–Crippen LogP) is 1.60. The Morgan fingerprint density at radius 1 is 1.35 bits per heavy atom. The number of nitrogens with one attached hydrogen (secondary N) is 1. The van der Waals surface area contributed by atoms with Crippen LogP contribution in [0.5, 0.6) is 0 Å². The monoisotopic (exact) mass is 321 g/mol. The Morgan fingerprint density at radius 2 is 2.04 bits per heavy atom. The molecule has 7 nitrogen and oxygen atoms in total. The average Bonchev–Trinajstić information content (AvgIpc) is 2.54. The summed E-state index contributed by atoms with van der Waals surface area (Å²) >= 11 is 0. The number of carboxylic acid groups (broad SMARTS) is 1. The van der Waals surface area contributed by atoms with E-state index >= 15 is 0 Å². The van der Waals surface area contributed by atoms with Gasteiger partial charge >= 0.3 is 12.2 Å². The molecule has 0 spiro atoms. The van der Waals surface area contributed by atoms with E-state index in [2.05, 4.69) is 5.32 Å². The molecule has 0 bridgehead atoms. The van der Waals surface area contributed by atoms with Crippen molar-refractivity contribution in [2.24, 2.45) is 0 Å². The number of alkyl carbamates (subject to hydrolysis) is 1. The average molecular weight is 321 g/mol. The van der Waals surface area contributed by atoms with Crippen LogP contribution in [0.15, 0.2) is 30.3 Å². The summed E-state index contributed by atoms with van der Waals surface area (Å²) in [5, 5.41) is 12.0. The van der Waals surface area contributed by atoms with Crippen LogP contribution in [0.2, 0.25) is 0 Å². The van der Waals surface area contributed by atoms with Gasteiger partial charge in [-0.2, -0.15) is 0 Å². The standard InChI is InChI=1S/C16H23N3O4/c1-18(2)14-10-19(16(21)22)9-8-13(14)17-15(20)23-11-12-6-4-3-5-7-12/h3-7,13-14H,8-11H2,1-2H3,(H,17,20)(H,21,22). The Morgan fingerprint density at radius 3 is 2.65 bits per heavy atom. The summed E-state index contributed by atoms with van der Waals surface area (Å²) in [5.74, 6) is 0. The number of amides is 2. The fourth-order valence-electron chi connectivity index (χ4n) is 2.71. The molecule has 1 aromatic carbocycles. The highest BCUT2D eigenvalue weighted by Crippen LogP contribution is 2.15. The minimum absolute atomic E-state index is 0.0795. The molecular formula is C16H23N3O4. The maximum Gasteiger partial charge on any atom is 0.407 e. The first-order valence-corrected chi connectivity index (χ1v) is 7.59. The second-order valence-corrected chi connectivity index (χ2v) is 5.86. The maximum atomic E-state index is 12.0. The molecule has 1 fully saturated rings. The molecule has 0 aromatic heterocycles. The molecule has 1 aliphatic rings. The molecule has 2 unspecified atom stereocenters. The third kappa shape index (κ3) is 4.85. The minimum Gasteiger partial charge on any atom is -0.465 e. The quantitative estimate of drug-likeness (QED) is 0.880. The number of nitrogens with zero attached hydrogens (tertiary/aromatic N) is 2. The van der Waals surface area contributed by atoms with Gasteiger partial charge in [0.15, 0.2) is 0 Å². The van der Waals surface area contributed by atoms with Crippen LogP contribution < -0.4 is 5.32 Å². The zero-order valence-electron chi connectivity index (χ0n) is 13.4. The Hall–Kier alpha value is -2.28. The SMILES string of the molecule is CN(C)C1CN(C(=O)O)CCC1NC(=O)OCc1ccccc1. The molecule has 23 heavy (non-hydrogen) atoms. The second kappa shape index (κ2) is 7.82. The van der Waals surface area contributed by atoms with Crippen molar-refractivity contribution < 1.29 is 19.4 Å². The van der Waals surface area contributed by atoms with Crippen molar-refractivity contribution in [2.45, 2.75) is 25.1 Å². The summed E-state index contributed by atoms with van der Waals surface area (Å²) < 4.78 is 5.23. The minimum atomic E-state index is -0.929. The third-order valence-electron chi connectivity index (χ3n) is 4.03. The number of hydrogen-bond acceptors (Lipinski definition) is 4. The number of piperidine rings is 1. The van der Waals surface area contributed by atoms with E-state index in [1.807, 2.05) is 49.3 Å². The molecule has 1 heterocycles. The van der Waals surface area contributed by atoms with E-state index in [1.54, 1.807) is 0 Å². The lowest BCUT2D eigenvalue weighted by molar-refractivity contribution is 0.0800. The molecule has 1 saturated heterocycles. The number of hydrogen-bond donors (Lipinski definition) is 2. The molecule has 0 aliphatic carbocycles. The van der Waals surface area contributed by atoms with Crippen LogP contribution in [-0.2, 0) is 11.3 Å². The number of carbonyl (C=O) groups excluding carboxylic acids is 1. The predicted molar refractivity (Wildman–Crippen MR) is 85.2 cm³/mol. The summed E-state index contributed by atoms with van der Waals surface area (Å²) in [5.41, 5.74) is 0.924. The number of likely N-dealkylation sites (N-methyl/N-ethyl adjacent to an activating group) is 1. The summed E-state index contributed by atoms with van der Waals surface area (Å²) in [6.45, 7) is 0.989. The summed E-state index contributed by atoms with van der Waals surface area (Å²) in [6, 6.07) is 9.25. The summed E-state index contributed by atoms with van der Waals surface area (Å²) in [4.78, 5) is 26.4. The lowest BCUT2D eigenvalue weighted by Gasteiger charge is -2.40. The van der Waals surface area contributed by atoms with Crippen LogP contribution in [0.1, 0.15) is 12.0 Å². The molecule has 7 heteroatoms. The van der Waals surface area contributed by atoms with Gasteiger partial charge in [0, 0.05) is 19.1 Å². The van der Waals surface area contributed by atoms with Crippen LogP contribution in [0.3, 0.4) is 0 Å². The molecule has 2 rings (SSSR count). The number of carbonyl (C=O) groups is 2. The Balaban J connectivity index is 1.87. The van der Waals surface area contributed by atoms with Gasteiger partial charge in [0.05, 0.1) is 6.04 Å². The smallest absolute Gasteiger partial charge is 0.407 e. The van der Waals surface area contributed by atoms with Gasteiger partial charge in [-0.25, -0.2) is 9.59 Å². The van der Waals surface area contributed by atoms with Crippen LogP contribution in [0.25, 0.3) is 0 Å². The van der Waals surface area contributed by atoms with E-state index in [4.69, 9.17) is 9.84 Å². The van der Waals surface area contributed by atoms with E-state index in [-0.39, 0.29) is 18.7 Å². The van der Waals surface area contributed by atoms with Gasteiger partial charge in [-0.15, -0.1) is 0 Å². The number of benzene rings is 1. The van der Waals surface area contributed by atoms with Gasteiger partial charge in [0.1, 0.15) is 6.61 Å². The first-order valence-electron chi connectivity index (χ1n) is 7.59. The van der Waals surface area contributed by atoms with Crippen molar-refractivity contribution in [3.63, 3.8) is 0 Å². The van der Waals surface area contributed by atoms with Crippen molar-refractivity contribution in [3.05, 3.63) is 35.9 Å². The lowest BCUT2D eigenvalue weighted by atomic mass is 9.99. The Kier molecular flexibility index (Phi) is 5.81. The van der Waals surface area contributed by atoms with Crippen molar-refractivity contribution in [2.75, 3.05) is 27.2 Å². The molecule has 0 saturated carbocycles. The zero-order chi connectivity index (χ0) is 16.8. The number of likely N-dealkylation sites (tertiary alicyclic amines) is 1. The van der Waals surface area contributed by atoms with E-state index < -0.39 is 12.2 Å². The van der Waals surface area contributed by atoms with E-state index in [9.17, 15) is 9.59 Å². The van der Waals surface area contributed by atoms with Gasteiger partial charge in [-0.1, -0.05) is 30.3 Å². The molecule has 0 radical (unpaired) electrons. The molecule has 2 amide bonds.